The number of aryl methyl sites for hydroxylation is 1. The summed E-state index contributed by atoms with van der Waals surface area (Å²) in [5.74, 6) is 0. The maximum Gasteiger partial charge on any atom is 0.0372 e. The Kier molecular flexibility index (Phi) is 2.60. The molecular formula is C11H16N2. The number of hydrogen-bond acceptors (Lipinski definition) is 2. The number of hydrogen-bond donors (Lipinski definition) is 1. The summed E-state index contributed by atoms with van der Waals surface area (Å²) in [6.45, 7) is 3.18. The Hall–Kier alpha value is -0.890. The van der Waals surface area contributed by atoms with Gasteiger partial charge in [0, 0.05) is 17.9 Å². The van der Waals surface area contributed by atoms with E-state index < -0.39 is 0 Å². The SMILES string of the molecule is Cc1ccc([C@H]2CCCCN2)cn1. The molecule has 1 fully saturated rings. The van der Waals surface area contributed by atoms with Crippen LogP contribution in [0.1, 0.15) is 36.6 Å². The van der Waals surface area contributed by atoms with E-state index in [0.717, 1.165) is 12.2 Å². The fraction of sp³-hybridized carbons (Fsp3) is 0.545. The van der Waals surface area contributed by atoms with Crippen molar-refractivity contribution in [2.75, 3.05) is 6.54 Å². The highest BCUT2D eigenvalue weighted by atomic mass is 14.9. The van der Waals surface area contributed by atoms with Gasteiger partial charge in [-0.25, -0.2) is 0 Å². The first-order valence-electron chi connectivity index (χ1n) is 5.02. The highest BCUT2D eigenvalue weighted by Gasteiger charge is 2.13. The first-order chi connectivity index (χ1) is 6.36. The molecule has 1 aliphatic heterocycles. The second-order valence-electron chi connectivity index (χ2n) is 3.74. The first kappa shape index (κ1) is 8.70. The van der Waals surface area contributed by atoms with Gasteiger partial charge in [0.1, 0.15) is 0 Å². The molecule has 0 amide bonds. The van der Waals surface area contributed by atoms with Gasteiger partial charge in [0.25, 0.3) is 0 Å². The Balaban J connectivity index is 2.10. The molecule has 0 saturated carbocycles. The molecule has 0 spiro atoms. The summed E-state index contributed by atoms with van der Waals surface area (Å²) in [5, 5.41) is 3.51. The minimum absolute atomic E-state index is 0.543. The van der Waals surface area contributed by atoms with Crippen molar-refractivity contribution in [3.8, 4) is 0 Å². The van der Waals surface area contributed by atoms with Crippen molar-refractivity contribution >= 4 is 0 Å². The lowest BCUT2D eigenvalue weighted by atomic mass is 9.99. The Labute approximate surface area is 79.4 Å². The van der Waals surface area contributed by atoms with E-state index in [-0.39, 0.29) is 0 Å². The molecule has 0 bridgehead atoms. The molecule has 2 heteroatoms. The zero-order valence-corrected chi connectivity index (χ0v) is 8.09. The van der Waals surface area contributed by atoms with Crippen LogP contribution in [-0.2, 0) is 0 Å². The molecule has 1 aliphatic rings. The topological polar surface area (TPSA) is 24.9 Å². The van der Waals surface area contributed by atoms with Crippen molar-refractivity contribution < 1.29 is 0 Å². The Morgan fingerprint density at radius 1 is 1.38 bits per heavy atom. The van der Waals surface area contributed by atoms with Crippen LogP contribution in [0.25, 0.3) is 0 Å². The molecule has 1 saturated heterocycles. The number of nitrogens with zero attached hydrogens (tertiary/aromatic N) is 1. The lowest BCUT2D eigenvalue weighted by Gasteiger charge is -2.23. The number of rotatable bonds is 1. The van der Waals surface area contributed by atoms with Gasteiger partial charge >= 0.3 is 0 Å². The highest BCUT2D eigenvalue weighted by molar-refractivity contribution is 5.17. The van der Waals surface area contributed by atoms with Gasteiger partial charge in [0.2, 0.25) is 0 Å². The van der Waals surface area contributed by atoms with E-state index in [1.54, 1.807) is 0 Å². The van der Waals surface area contributed by atoms with Crippen molar-refractivity contribution in [3.63, 3.8) is 0 Å². The second kappa shape index (κ2) is 3.88. The van der Waals surface area contributed by atoms with E-state index in [0.29, 0.717) is 6.04 Å². The van der Waals surface area contributed by atoms with Crippen molar-refractivity contribution in [1.82, 2.24) is 10.3 Å². The largest absolute Gasteiger partial charge is 0.310 e. The van der Waals surface area contributed by atoms with E-state index in [2.05, 4.69) is 22.4 Å². The van der Waals surface area contributed by atoms with Crippen LogP contribution in [0, 0.1) is 6.92 Å². The predicted octanol–water partition coefficient (Wildman–Crippen LogP) is 2.20. The summed E-state index contributed by atoms with van der Waals surface area (Å²) in [4.78, 5) is 4.31. The van der Waals surface area contributed by atoms with Gasteiger partial charge in [-0.2, -0.15) is 0 Å². The fourth-order valence-corrected chi connectivity index (χ4v) is 1.82. The molecular weight excluding hydrogens is 160 g/mol. The molecule has 70 valence electrons. The van der Waals surface area contributed by atoms with Gasteiger partial charge in [-0.15, -0.1) is 0 Å². The zero-order valence-electron chi connectivity index (χ0n) is 8.09. The third-order valence-corrected chi connectivity index (χ3v) is 2.65. The summed E-state index contributed by atoms with van der Waals surface area (Å²) >= 11 is 0. The van der Waals surface area contributed by atoms with Gasteiger partial charge in [-0.1, -0.05) is 12.5 Å². The lowest BCUT2D eigenvalue weighted by molar-refractivity contribution is 0.411. The number of piperidine rings is 1. The summed E-state index contributed by atoms with van der Waals surface area (Å²) < 4.78 is 0. The fourth-order valence-electron chi connectivity index (χ4n) is 1.82. The van der Waals surface area contributed by atoms with Gasteiger partial charge in [-0.05, 0) is 37.9 Å². The maximum absolute atomic E-state index is 4.31. The van der Waals surface area contributed by atoms with E-state index >= 15 is 0 Å². The van der Waals surface area contributed by atoms with Gasteiger partial charge in [0.05, 0.1) is 0 Å². The molecule has 1 atom stereocenters. The average Bonchev–Trinajstić information content (AvgIpc) is 2.20. The minimum Gasteiger partial charge on any atom is -0.310 e. The average molecular weight is 176 g/mol. The van der Waals surface area contributed by atoms with Gasteiger partial charge < -0.3 is 5.32 Å². The smallest absolute Gasteiger partial charge is 0.0372 e. The Morgan fingerprint density at radius 3 is 2.92 bits per heavy atom. The normalized spacial score (nSPS) is 23.0. The van der Waals surface area contributed by atoms with Gasteiger partial charge in [-0.3, -0.25) is 4.98 Å². The summed E-state index contributed by atoms with van der Waals surface area (Å²) in [6, 6.07) is 4.82. The highest BCUT2D eigenvalue weighted by Crippen LogP contribution is 2.21. The second-order valence-corrected chi connectivity index (χ2v) is 3.74. The summed E-state index contributed by atoms with van der Waals surface area (Å²) in [5.41, 5.74) is 2.44. The van der Waals surface area contributed by atoms with Crippen LogP contribution >= 0.6 is 0 Å². The molecule has 2 nitrogen and oxygen atoms in total. The molecule has 13 heavy (non-hydrogen) atoms. The molecule has 0 aliphatic carbocycles. The summed E-state index contributed by atoms with van der Waals surface area (Å²) in [7, 11) is 0. The van der Waals surface area contributed by atoms with Crippen LogP contribution in [-0.4, -0.2) is 11.5 Å². The van der Waals surface area contributed by atoms with Crippen LogP contribution in [0.3, 0.4) is 0 Å². The zero-order chi connectivity index (χ0) is 9.10. The van der Waals surface area contributed by atoms with Crippen LogP contribution < -0.4 is 5.32 Å². The molecule has 1 N–H and O–H groups in total. The number of pyridine rings is 1. The minimum atomic E-state index is 0.543. The van der Waals surface area contributed by atoms with Crippen molar-refractivity contribution in [2.24, 2.45) is 0 Å². The van der Waals surface area contributed by atoms with Crippen molar-refractivity contribution in [2.45, 2.75) is 32.2 Å². The number of nitrogens with one attached hydrogen (secondary N) is 1. The quantitative estimate of drug-likeness (QED) is 0.709. The van der Waals surface area contributed by atoms with Crippen LogP contribution in [0.2, 0.25) is 0 Å². The lowest BCUT2D eigenvalue weighted by Crippen LogP contribution is -2.26. The van der Waals surface area contributed by atoms with E-state index in [1.165, 1.54) is 24.8 Å². The third kappa shape index (κ3) is 2.07. The molecule has 2 heterocycles. The summed E-state index contributed by atoms with van der Waals surface area (Å²) in [6.07, 6.45) is 5.91. The standard InChI is InChI=1S/C11H16N2/c1-9-5-6-10(8-13-9)11-4-2-3-7-12-11/h5-6,8,11-12H,2-4,7H2,1H3/t11-/m1/s1. The first-order valence-corrected chi connectivity index (χ1v) is 5.02. The monoisotopic (exact) mass is 176 g/mol. The van der Waals surface area contributed by atoms with E-state index in [4.69, 9.17) is 0 Å². The van der Waals surface area contributed by atoms with E-state index in [9.17, 15) is 0 Å². The van der Waals surface area contributed by atoms with Crippen molar-refractivity contribution in [3.05, 3.63) is 29.6 Å². The maximum atomic E-state index is 4.31. The predicted molar refractivity (Wildman–Crippen MR) is 53.6 cm³/mol. The van der Waals surface area contributed by atoms with Crippen LogP contribution in [0.15, 0.2) is 18.3 Å². The molecule has 0 radical (unpaired) electrons. The third-order valence-electron chi connectivity index (χ3n) is 2.65. The Bertz CT molecular complexity index is 260. The Morgan fingerprint density at radius 2 is 2.31 bits per heavy atom. The van der Waals surface area contributed by atoms with Crippen LogP contribution in [0.5, 0.6) is 0 Å². The number of aromatic nitrogens is 1. The molecule has 0 unspecified atom stereocenters. The van der Waals surface area contributed by atoms with E-state index in [1.807, 2.05) is 13.1 Å². The molecule has 0 aromatic carbocycles. The molecule has 2 rings (SSSR count). The van der Waals surface area contributed by atoms with Gasteiger partial charge in [0.15, 0.2) is 0 Å². The molecule has 1 aromatic heterocycles. The van der Waals surface area contributed by atoms with Crippen LogP contribution in [0.4, 0.5) is 0 Å². The van der Waals surface area contributed by atoms with Crippen molar-refractivity contribution in [1.29, 1.82) is 0 Å². The molecule has 1 aromatic rings.